The molecule has 1 fully saturated rings. The molecule has 16 heavy (non-hydrogen) atoms. The van der Waals surface area contributed by atoms with Gasteiger partial charge >= 0.3 is 0 Å². The van der Waals surface area contributed by atoms with E-state index in [1.807, 2.05) is 0 Å². The molecule has 0 aromatic rings. The van der Waals surface area contributed by atoms with Crippen LogP contribution in [0.5, 0.6) is 0 Å². The Morgan fingerprint density at radius 1 is 1.06 bits per heavy atom. The normalized spacial score (nSPS) is 26.1. The smallest absolute Gasteiger partial charge is 0.0236 e. The fraction of sp³-hybridized carbons (Fsp3) is 0.750. The second kappa shape index (κ2) is 8.61. The average molecular weight is 220 g/mol. The van der Waals surface area contributed by atoms with Crippen molar-refractivity contribution in [2.45, 2.75) is 64.7 Å². The van der Waals surface area contributed by atoms with Crippen LogP contribution in [0.2, 0.25) is 0 Å². The maximum atomic E-state index is 3.90. The number of unbranched alkanes of at least 4 members (excludes halogenated alkanes) is 2. The van der Waals surface area contributed by atoms with E-state index >= 15 is 0 Å². The van der Waals surface area contributed by atoms with Crippen LogP contribution in [0, 0.1) is 11.8 Å². The van der Waals surface area contributed by atoms with E-state index in [1.165, 1.54) is 57.8 Å². The van der Waals surface area contributed by atoms with Crippen LogP contribution in [0.15, 0.2) is 24.8 Å². The van der Waals surface area contributed by atoms with E-state index in [-0.39, 0.29) is 0 Å². The van der Waals surface area contributed by atoms with Gasteiger partial charge in [-0.05, 0) is 56.8 Å². The Labute approximate surface area is 102 Å². The highest BCUT2D eigenvalue weighted by molar-refractivity contribution is 4.86. The first-order valence-corrected chi connectivity index (χ1v) is 7.14. The minimum Gasteiger partial charge on any atom is -0.103 e. The fourth-order valence-electron chi connectivity index (χ4n) is 2.60. The summed E-state index contributed by atoms with van der Waals surface area (Å²) in [6, 6.07) is 0. The molecule has 1 saturated carbocycles. The van der Waals surface area contributed by atoms with Gasteiger partial charge in [-0.15, -0.1) is 6.58 Å². The zero-order chi connectivity index (χ0) is 11.6. The molecule has 0 aromatic carbocycles. The minimum absolute atomic E-state index is 0.816. The lowest BCUT2D eigenvalue weighted by atomic mass is 9.80. The van der Waals surface area contributed by atoms with Gasteiger partial charge in [0.2, 0.25) is 0 Å². The average Bonchev–Trinajstić information content (AvgIpc) is 2.34. The van der Waals surface area contributed by atoms with Crippen LogP contribution in [0.1, 0.15) is 64.7 Å². The van der Waals surface area contributed by atoms with Gasteiger partial charge in [-0.1, -0.05) is 38.0 Å². The molecule has 0 heteroatoms. The highest BCUT2D eigenvalue weighted by Gasteiger charge is 2.17. The summed E-state index contributed by atoms with van der Waals surface area (Å²) >= 11 is 0. The van der Waals surface area contributed by atoms with Crippen molar-refractivity contribution in [3.05, 3.63) is 24.8 Å². The Bertz CT molecular complexity index is 194. The molecule has 0 aromatic heterocycles. The molecule has 0 aliphatic heterocycles. The van der Waals surface area contributed by atoms with Crippen LogP contribution in [-0.4, -0.2) is 0 Å². The van der Waals surface area contributed by atoms with Gasteiger partial charge < -0.3 is 0 Å². The monoisotopic (exact) mass is 220 g/mol. The molecule has 0 radical (unpaired) electrons. The lowest BCUT2D eigenvalue weighted by molar-refractivity contribution is 0.297. The predicted octanol–water partition coefficient (Wildman–Crippen LogP) is 5.51. The number of hydrogen-bond donors (Lipinski definition) is 0. The van der Waals surface area contributed by atoms with Crippen LogP contribution < -0.4 is 0 Å². The third-order valence-corrected chi connectivity index (χ3v) is 3.86. The van der Waals surface area contributed by atoms with Crippen molar-refractivity contribution in [3.63, 3.8) is 0 Å². The van der Waals surface area contributed by atoms with Gasteiger partial charge in [0, 0.05) is 0 Å². The van der Waals surface area contributed by atoms with Crippen LogP contribution >= 0.6 is 0 Å². The Morgan fingerprint density at radius 2 is 1.75 bits per heavy atom. The summed E-state index contributed by atoms with van der Waals surface area (Å²) < 4.78 is 0. The molecule has 0 bridgehead atoms. The van der Waals surface area contributed by atoms with Gasteiger partial charge in [-0.25, -0.2) is 0 Å². The van der Waals surface area contributed by atoms with Crippen molar-refractivity contribution in [3.8, 4) is 0 Å². The maximum absolute atomic E-state index is 3.90. The Kier molecular flexibility index (Phi) is 7.29. The highest BCUT2D eigenvalue weighted by Crippen LogP contribution is 2.31. The Balaban J connectivity index is 2.01. The van der Waals surface area contributed by atoms with Crippen LogP contribution in [-0.2, 0) is 0 Å². The largest absolute Gasteiger partial charge is 0.103 e. The van der Waals surface area contributed by atoms with E-state index in [9.17, 15) is 0 Å². The van der Waals surface area contributed by atoms with E-state index in [2.05, 4.69) is 31.7 Å². The molecular formula is C16H28. The molecule has 0 atom stereocenters. The summed E-state index contributed by atoms with van der Waals surface area (Å²) in [4.78, 5) is 0. The first-order valence-electron chi connectivity index (χ1n) is 7.14. The molecule has 1 aliphatic carbocycles. The molecule has 0 nitrogen and oxygen atoms in total. The molecule has 0 spiro atoms. The van der Waals surface area contributed by atoms with Gasteiger partial charge in [-0.3, -0.25) is 0 Å². The number of allylic oxidation sites excluding steroid dienone is 3. The van der Waals surface area contributed by atoms with Gasteiger partial charge in [0.05, 0.1) is 0 Å². The zero-order valence-corrected chi connectivity index (χ0v) is 11.0. The molecule has 0 amide bonds. The Morgan fingerprint density at radius 3 is 2.38 bits per heavy atom. The molecule has 1 aliphatic rings. The van der Waals surface area contributed by atoms with Gasteiger partial charge in [-0.2, -0.15) is 0 Å². The second-order valence-corrected chi connectivity index (χ2v) is 5.21. The summed E-state index contributed by atoms with van der Waals surface area (Å²) in [6.45, 7) is 6.16. The quantitative estimate of drug-likeness (QED) is 0.392. The molecular weight excluding hydrogens is 192 g/mol. The summed E-state index contributed by atoms with van der Waals surface area (Å²) in [5.74, 6) is 1.81. The van der Waals surface area contributed by atoms with E-state index in [0.717, 1.165) is 11.8 Å². The summed E-state index contributed by atoms with van der Waals surface area (Å²) in [5, 5.41) is 0. The van der Waals surface area contributed by atoms with Crippen molar-refractivity contribution in [1.29, 1.82) is 0 Å². The van der Waals surface area contributed by atoms with Crippen molar-refractivity contribution in [2.75, 3.05) is 0 Å². The molecule has 0 N–H and O–H groups in total. The van der Waals surface area contributed by atoms with Crippen molar-refractivity contribution in [1.82, 2.24) is 0 Å². The molecule has 0 saturated heterocycles. The van der Waals surface area contributed by atoms with Crippen LogP contribution in [0.3, 0.4) is 0 Å². The highest BCUT2D eigenvalue weighted by atomic mass is 14.2. The first-order chi connectivity index (χ1) is 7.86. The van der Waals surface area contributed by atoms with Crippen molar-refractivity contribution < 1.29 is 0 Å². The fourth-order valence-corrected chi connectivity index (χ4v) is 2.60. The van der Waals surface area contributed by atoms with E-state index in [4.69, 9.17) is 0 Å². The van der Waals surface area contributed by atoms with E-state index in [0.29, 0.717) is 0 Å². The summed E-state index contributed by atoms with van der Waals surface area (Å²) in [6.07, 6.45) is 19.2. The summed E-state index contributed by atoms with van der Waals surface area (Å²) in [5.41, 5.74) is 0. The lowest BCUT2D eigenvalue weighted by Gasteiger charge is -2.26. The summed E-state index contributed by atoms with van der Waals surface area (Å²) in [7, 11) is 0. The SMILES string of the molecule is C=CC1CCC(CCC=CCCCC)CC1. The molecule has 92 valence electrons. The molecule has 1 rings (SSSR count). The second-order valence-electron chi connectivity index (χ2n) is 5.21. The molecule has 0 heterocycles. The number of rotatable bonds is 7. The van der Waals surface area contributed by atoms with Gasteiger partial charge in [0.25, 0.3) is 0 Å². The van der Waals surface area contributed by atoms with E-state index < -0.39 is 0 Å². The zero-order valence-electron chi connectivity index (χ0n) is 11.0. The van der Waals surface area contributed by atoms with Crippen LogP contribution in [0.25, 0.3) is 0 Å². The minimum atomic E-state index is 0.816. The Hall–Kier alpha value is -0.520. The topological polar surface area (TPSA) is 0 Å². The predicted molar refractivity (Wildman–Crippen MR) is 73.5 cm³/mol. The van der Waals surface area contributed by atoms with Crippen molar-refractivity contribution >= 4 is 0 Å². The third kappa shape index (κ3) is 5.53. The lowest BCUT2D eigenvalue weighted by Crippen LogP contribution is -2.12. The standard InChI is InChI=1S/C16H28/c1-3-5-6-7-8-9-10-16-13-11-15(4-2)12-14-16/h4,7-8,15-16H,2-3,5-6,9-14H2,1H3. The van der Waals surface area contributed by atoms with Crippen LogP contribution in [0.4, 0.5) is 0 Å². The van der Waals surface area contributed by atoms with Gasteiger partial charge in [0.15, 0.2) is 0 Å². The van der Waals surface area contributed by atoms with Crippen molar-refractivity contribution in [2.24, 2.45) is 11.8 Å². The van der Waals surface area contributed by atoms with E-state index in [1.54, 1.807) is 0 Å². The molecule has 0 unspecified atom stereocenters. The first kappa shape index (κ1) is 13.5. The van der Waals surface area contributed by atoms with Gasteiger partial charge in [0.1, 0.15) is 0 Å². The number of hydrogen-bond acceptors (Lipinski definition) is 0. The maximum Gasteiger partial charge on any atom is -0.0236 e. The third-order valence-electron chi connectivity index (χ3n) is 3.86.